The van der Waals surface area contributed by atoms with Crippen LogP contribution < -0.4 is 0 Å². The summed E-state index contributed by atoms with van der Waals surface area (Å²) >= 11 is 0. The first-order valence-electron chi connectivity index (χ1n) is 6.38. The summed E-state index contributed by atoms with van der Waals surface area (Å²) in [5.74, 6) is -0.528. The molecule has 122 valence electrons. The minimum atomic E-state index is -3.54. The first kappa shape index (κ1) is 19.8. The Morgan fingerprint density at radius 1 is 1.33 bits per heavy atom. The van der Waals surface area contributed by atoms with Crippen molar-refractivity contribution in [2.45, 2.75) is 38.8 Å². The number of Topliss-reactive ketones (excluding diaryl/α,β-unsaturated/α-hetero) is 1. The van der Waals surface area contributed by atoms with Crippen molar-refractivity contribution in [1.82, 2.24) is 4.90 Å². The molecule has 0 spiro atoms. The summed E-state index contributed by atoms with van der Waals surface area (Å²) < 4.78 is 21.5. The lowest BCUT2D eigenvalue weighted by atomic mass is 9.99. The molecule has 0 saturated heterocycles. The summed E-state index contributed by atoms with van der Waals surface area (Å²) in [5, 5.41) is 9.38. The van der Waals surface area contributed by atoms with Crippen LogP contribution in [0.2, 0.25) is 0 Å². The maximum absolute atomic E-state index is 12.4. The minimum Gasteiger partial charge on any atom is -0.465 e. The van der Waals surface area contributed by atoms with E-state index >= 15 is 0 Å². The number of nitrogens with zero attached hydrogens (tertiary/aromatic N) is 1. The lowest BCUT2D eigenvalue weighted by Crippen LogP contribution is -2.54. The molecule has 0 aliphatic rings. The number of hydrogen-bond donors (Lipinski definition) is 1. The molecule has 1 atom stereocenters. The third-order valence-electron chi connectivity index (χ3n) is 2.91. The molecule has 0 heterocycles. The topological polar surface area (TPSA) is 93.1 Å². The van der Waals surface area contributed by atoms with Crippen LogP contribution in [-0.2, 0) is 18.4 Å². The van der Waals surface area contributed by atoms with Crippen molar-refractivity contribution in [3.63, 3.8) is 0 Å². The summed E-state index contributed by atoms with van der Waals surface area (Å²) in [5.41, 5.74) is -0.792. The standard InChI is InChI=1S/C13H24NO6P/c1-7-8-10(14(12(16)17)13(2,3)4)11(15)9-21(18,19-5)20-6/h7,10H,1,8-9H2,2-6H3,(H,16,17). The molecule has 0 aliphatic heterocycles. The summed E-state index contributed by atoms with van der Waals surface area (Å²) in [6.07, 6.45) is -0.143. The average Bonchev–Trinajstić information content (AvgIpc) is 2.35. The van der Waals surface area contributed by atoms with Crippen LogP contribution in [0.15, 0.2) is 12.7 Å². The number of rotatable bonds is 8. The Labute approximate surface area is 125 Å². The van der Waals surface area contributed by atoms with Gasteiger partial charge >= 0.3 is 13.7 Å². The van der Waals surface area contributed by atoms with E-state index < -0.39 is 37.2 Å². The number of amides is 1. The van der Waals surface area contributed by atoms with Crippen molar-refractivity contribution < 1.29 is 28.3 Å². The number of carbonyl (C=O) groups is 2. The van der Waals surface area contributed by atoms with Gasteiger partial charge in [-0.05, 0) is 27.2 Å². The van der Waals surface area contributed by atoms with Crippen molar-refractivity contribution in [3.8, 4) is 0 Å². The summed E-state index contributed by atoms with van der Waals surface area (Å²) in [4.78, 5) is 24.9. The van der Waals surface area contributed by atoms with E-state index in [1.807, 2.05) is 0 Å². The van der Waals surface area contributed by atoms with Gasteiger partial charge in [-0.1, -0.05) is 6.08 Å². The molecule has 0 bridgehead atoms. The van der Waals surface area contributed by atoms with Crippen LogP contribution in [0.1, 0.15) is 27.2 Å². The third-order valence-corrected chi connectivity index (χ3v) is 4.72. The van der Waals surface area contributed by atoms with E-state index in [9.17, 15) is 19.3 Å². The highest BCUT2D eigenvalue weighted by Gasteiger charge is 2.39. The molecule has 0 rings (SSSR count). The van der Waals surface area contributed by atoms with Crippen molar-refractivity contribution in [2.24, 2.45) is 0 Å². The number of ketones is 1. The number of carbonyl (C=O) groups excluding carboxylic acids is 1. The zero-order valence-corrected chi connectivity index (χ0v) is 14.1. The maximum atomic E-state index is 12.4. The highest BCUT2D eigenvalue weighted by atomic mass is 31.2. The molecule has 0 saturated carbocycles. The van der Waals surface area contributed by atoms with Crippen LogP contribution in [0.25, 0.3) is 0 Å². The molecule has 7 nitrogen and oxygen atoms in total. The molecule has 0 radical (unpaired) electrons. The molecule has 0 aromatic heterocycles. The quantitative estimate of drug-likeness (QED) is 0.546. The van der Waals surface area contributed by atoms with Crippen molar-refractivity contribution in [1.29, 1.82) is 0 Å². The fourth-order valence-electron chi connectivity index (χ4n) is 1.93. The van der Waals surface area contributed by atoms with Gasteiger partial charge in [0.2, 0.25) is 0 Å². The molecule has 0 aliphatic carbocycles. The predicted octanol–water partition coefficient (Wildman–Crippen LogP) is 2.76. The second-order valence-corrected chi connectivity index (χ2v) is 7.73. The SMILES string of the molecule is C=CCC(C(=O)CP(=O)(OC)OC)N(C(=O)O)C(C)(C)C. The largest absolute Gasteiger partial charge is 0.465 e. The van der Waals surface area contributed by atoms with E-state index in [1.54, 1.807) is 20.8 Å². The molecule has 21 heavy (non-hydrogen) atoms. The number of carboxylic acid groups (broad SMARTS) is 1. The molecule has 0 aromatic carbocycles. The van der Waals surface area contributed by atoms with Crippen LogP contribution in [0.3, 0.4) is 0 Å². The van der Waals surface area contributed by atoms with E-state index in [2.05, 4.69) is 6.58 Å². The highest BCUT2D eigenvalue weighted by molar-refractivity contribution is 7.54. The smallest absolute Gasteiger partial charge is 0.408 e. The molecule has 0 fully saturated rings. The lowest BCUT2D eigenvalue weighted by Gasteiger charge is -2.38. The average molecular weight is 321 g/mol. The molecule has 0 aromatic rings. The Bertz CT molecular complexity index is 434. The fourth-order valence-corrected chi connectivity index (χ4v) is 2.93. The van der Waals surface area contributed by atoms with Gasteiger partial charge in [-0.25, -0.2) is 4.79 Å². The van der Waals surface area contributed by atoms with Gasteiger partial charge < -0.3 is 14.2 Å². The second-order valence-electron chi connectivity index (χ2n) is 5.46. The molecular formula is C13H24NO6P. The lowest BCUT2D eigenvalue weighted by molar-refractivity contribution is -0.123. The molecular weight excluding hydrogens is 297 g/mol. The summed E-state index contributed by atoms with van der Waals surface area (Å²) in [6, 6.07) is -0.987. The predicted molar refractivity (Wildman–Crippen MR) is 79.7 cm³/mol. The molecule has 1 N–H and O–H groups in total. The number of hydrogen-bond acceptors (Lipinski definition) is 5. The summed E-state index contributed by atoms with van der Waals surface area (Å²) in [6.45, 7) is 8.57. The first-order valence-corrected chi connectivity index (χ1v) is 8.11. The van der Waals surface area contributed by atoms with Gasteiger partial charge in [0.05, 0.1) is 6.04 Å². The van der Waals surface area contributed by atoms with Crippen LogP contribution in [0.5, 0.6) is 0 Å². The Balaban J connectivity index is 5.47. The Hall–Kier alpha value is -1.17. The molecule has 1 unspecified atom stereocenters. The van der Waals surface area contributed by atoms with Crippen LogP contribution in [-0.4, -0.2) is 53.8 Å². The monoisotopic (exact) mass is 321 g/mol. The van der Waals surface area contributed by atoms with Gasteiger partial charge in [0.15, 0.2) is 5.78 Å². The van der Waals surface area contributed by atoms with E-state index in [0.29, 0.717) is 0 Å². The van der Waals surface area contributed by atoms with Gasteiger partial charge in [0.25, 0.3) is 0 Å². The third kappa shape index (κ3) is 5.61. The Kier molecular flexibility index (Phi) is 7.30. The van der Waals surface area contributed by atoms with E-state index in [1.165, 1.54) is 20.3 Å². The molecule has 8 heteroatoms. The minimum absolute atomic E-state index is 0.121. The van der Waals surface area contributed by atoms with Crippen molar-refractivity contribution in [3.05, 3.63) is 12.7 Å². The Morgan fingerprint density at radius 2 is 1.81 bits per heavy atom. The Morgan fingerprint density at radius 3 is 2.10 bits per heavy atom. The zero-order chi connectivity index (χ0) is 16.8. The zero-order valence-electron chi connectivity index (χ0n) is 13.2. The second kappa shape index (κ2) is 7.73. The van der Waals surface area contributed by atoms with Gasteiger partial charge in [-0.2, -0.15) is 0 Å². The van der Waals surface area contributed by atoms with E-state index in [0.717, 1.165) is 4.90 Å². The van der Waals surface area contributed by atoms with Crippen LogP contribution in [0, 0.1) is 0 Å². The van der Waals surface area contributed by atoms with Crippen LogP contribution in [0.4, 0.5) is 4.79 Å². The molecule has 1 amide bonds. The van der Waals surface area contributed by atoms with Gasteiger partial charge in [-0.15, -0.1) is 6.58 Å². The maximum Gasteiger partial charge on any atom is 0.408 e. The van der Waals surface area contributed by atoms with E-state index in [4.69, 9.17) is 9.05 Å². The first-order chi connectivity index (χ1) is 9.52. The fraction of sp³-hybridized carbons (Fsp3) is 0.692. The normalized spacial score (nSPS) is 13.6. The van der Waals surface area contributed by atoms with Gasteiger partial charge in [-0.3, -0.25) is 14.3 Å². The van der Waals surface area contributed by atoms with Crippen molar-refractivity contribution >= 4 is 19.5 Å². The van der Waals surface area contributed by atoms with Gasteiger partial charge in [0, 0.05) is 19.8 Å². The summed E-state index contributed by atoms with van der Waals surface area (Å²) in [7, 11) is -1.18. The highest BCUT2D eigenvalue weighted by Crippen LogP contribution is 2.46. The van der Waals surface area contributed by atoms with Crippen molar-refractivity contribution in [2.75, 3.05) is 20.4 Å². The van der Waals surface area contributed by atoms with E-state index in [-0.39, 0.29) is 6.42 Å². The van der Waals surface area contributed by atoms with Gasteiger partial charge in [0.1, 0.15) is 6.16 Å². The van der Waals surface area contributed by atoms with Crippen LogP contribution >= 0.6 is 7.60 Å².